The van der Waals surface area contributed by atoms with Crippen LogP contribution in [0.3, 0.4) is 0 Å². The van der Waals surface area contributed by atoms with Gasteiger partial charge in [0.15, 0.2) is 5.58 Å². The second-order valence-electron chi connectivity index (χ2n) is 4.60. The number of nitrogens with zero attached hydrogens (tertiary/aromatic N) is 2. The average Bonchev–Trinajstić information content (AvgIpc) is 2.57. The topological polar surface area (TPSA) is 41.3 Å². The maximum atomic E-state index is 5.94. The van der Waals surface area contributed by atoms with E-state index in [-0.39, 0.29) is 0 Å². The van der Waals surface area contributed by atoms with Crippen LogP contribution < -0.4 is 5.32 Å². The predicted molar refractivity (Wildman–Crippen MR) is 71.8 cm³/mol. The third kappa shape index (κ3) is 2.66. The summed E-state index contributed by atoms with van der Waals surface area (Å²) < 4.78 is 5.73. The Morgan fingerprint density at radius 3 is 3.22 bits per heavy atom. The molecule has 1 saturated heterocycles. The summed E-state index contributed by atoms with van der Waals surface area (Å²) in [6.07, 6.45) is 1.17. The van der Waals surface area contributed by atoms with E-state index < -0.39 is 0 Å². The number of fused-ring (bicyclic) bond motifs is 1. The number of hydrogen-bond donors (Lipinski definition) is 1. The van der Waals surface area contributed by atoms with Gasteiger partial charge in [-0.15, -0.1) is 0 Å². The lowest BCUT2D eigenvalue weighted by Crippen LogP contribution is -2.27. The van der Waals surface area contributed by atoms with E-state index in [0.29, 0.717) is 5.02 Å². The Bertz CT molecular complexity index is 532. The van der Waals surface area contributed by atoms with E-state index in [1.54, 1.807) is 0 Å². The minimum atomic E-state index is 0.696. The van der Waals surface area contributed by atoms with E-state index in [9.17, 15) is 0 Å². The van der Waals surface area contributed by atoms with Gasteiger partial charge < -0.3 is 9.73 Å². The van der Waals surface area contributed by atoms with Gasteiger partial charge in [-0.25, -0.2) is 4.98 Å². The Hall–Kier alpha value is -1.10. The molecule has 0 bridgehead atoms. The van der Waals surface area contributed by atoms with Gasteiger partial charge in [0.05, 0.1) is 6.54 Å². The van der Waals surface area contributed by atoms with Crippen LogP contribution in [0.2, 0.25) is 5.02 Å². The second kappa shape index (κ2) is 5.26. The smallest absolute Gasteiger partial charge is 0.209 e. The molecule has 4 nitrogen and oxygen atoms in total. The van der Waals surface area contributed by atoms with Crippen molar-refractivity contribution in [2.24, 2.45) is 0 Å². The van der Waals surface area contributed by atoms with Crippen molar-refractivity contribution in [1.29, 1.82) is 0 Å². The molecule has 2 aromatic rings. The Morgan fingerprint density at radius 2 is 2.28 bits per heavy atom. The van der Waals surface area contributed by atoms with Crippen LogP contribution in [-0.2, 0) is 6.54 Å². The van der Waals surface area contributed by atoms with Crippen LogP contribution in [0.1, 0.15) is 12.3 Å². The summed E-state index contributed by atoms with van der Waals surface area (Å²) in [6, 6.07) is 5.54. The van der Waals surface area contributed by atoms with Crippen molar-refractivity contribution in [3.8, 4) is 0 Å². The molecule has 1 N–H and O–H groups in total. The van der Waals surface area contributed by atoms with Gasteiger partial charge in [-0.1, -0.05) is 11.6 Å². The molecular formula is C13H16ClN3O. The maximum Gasteiger partial charge on any atom is 0.209 e. The zero-order chi connectivity index (χ0) is 12.4. The summed E-state index contributed by atoms with van der Waals surface area (Å²) in [5.41, 5.74) is 1.65. The summed E-state index contributed by atoms with van der Waals surface area (Å²) in [4.78, 5) is 6.85. The van der Waals surface area contributed by atoms with Crippen molar-refractivity contribution in [2.75, 3.05) is 26.2 Å². The molecule has 1 aromatic carbocycles. The van der Waals surface area contributed by atoms with Crippen LogP contribution in [0.25, 0.3) is 11.1 Å². The number of rotatable bonds is 2. The standard InChI is InChI=1S/C13H16ClN3O/c14-10-2-3-12-11(8-10)16-13(18-12)9-17-6-1-4-15-5-7-17/h2-3,8,15H,1,4-7,9H2. The van der Waals surface area contributed by atoms with Gasteiger partial charge in [-0.3, -0.25) is 4.90 Å². The summed E-state index contributed by atoms with van der Waals surface area (Å²) in [5.74, 6) is 0.772. The molecule has 1 aromatic heterocycles. The van der Waals surface area contributed by atoms with Crippen molar-refractivity contribution < 1.29 is 4.42 Å². The highest BCUT2D eigenvalue weighted by atomic mass is 35.5. The van der Waals surface area contributed by atoms with Gasteiger partial charge in [0.1, 0.15) is 5.52 Å². The van der Waals surface area contributed by atoms with Crippen LogP contribution in [-0.4, -0.2) is 36.1 Å². The lowest BCUT2D eigenvalue weighted by molar-refractivity contribution is 0.257. The SMILES string of the molecule is Clc1ccc2oc(CN3CCCNCC3)nc2c1. The average molecular weight is 266 g/mol. The Balaban J connectivity index is 1.77. The minimum absolute atomic E-state index is 0.696. The van der Waals surface area contributed by atoms with E-state index in [4.69, 9.17) is 16.0 Å². The maximum absolute atomic E-state index is 5.94. The van der Waals surface area contributed by atoms with Crippen molar-refractivity contribution in [3.05, 3.63) is 29.1 Å². The van der Waals surface area contributed by atoms with Crippen molar-refractivity contribution in [1.82, 2.24) is 15.2 Å². The van der Waals surface area contributed by atoms with Gasteiger partial charge in [0, 0.05) is 18.1 Å². The summed E-state index contributed by atoms with van der Waals surface area (Å²) >= 11 is 5.94. The Morgan fingerprint density at radius 1 is 1.33 bits per heavy atom. The summed E-state index contributed by atoms with van der Waals surface area (Å²) in [6.45, 7) is 5.03. The van der Waals surface area contributed by atoms with E-state index in [0.717, 1.165) is 49.7 Å². The minimum Gasteiger partial charge on any atom is -0.439 e. The molecule has 0 aliphatic carbocycles. The molecule has 1 aliphatic rings. The number of hydrogen-bond acceptors (Lipinski definition) is 4. The van der Waals surface area contributed by atoms with Gasteiger partial charge in [-0.2, -0.15) is 0 Å². The number of aromatic nitrogens is 1. The third-order valence-electron chi connectivity index (χ3n) is 3.19. The van der Waals surface area contributed by atoms with Gasteiger partial charge in [0.2, 0.25) is 5.89 Å². The summed E-state index contributed by atoms with van der Waals surface area (Å²) in [7, 11) is 0. The third-order valence-corrected chi connectivity index (χ3v) is 3.42. The number of oxazole rings is 1. The molecular weight excluding hydrogens is 250 g/mol. The van der Waals surface area contributed by atoms with Crippen LogP contribution in [0.15, 0.2) is 22.6 Å². The number of benzene rings is 1. The van der Waals surface area contributed by atoms with Crippen molar-refractivity contribution in [2.45, 2.75) is 13.0 Å². The molecule has 0 radical (unpaired) electrons. The highest BCUT2D eigenvalue weighted by molar-refractivity contribution is 6.31. The molecule has 1 fully saturated rings. The van der Waals surface area contributed by atoms with Gasteiger partial charge in [0.25, 0.3) is 0 Å². The molecule has 0 amide bonds. The first kappa shape index (κ1) is 12.0. The molecule has 3 rings (SSSR count). The quantitative estimate of drug-likeness (QED) is 0.905. The molecule has 96 valence electrons. The first-order valence-corrected chi connectivity index (χ1v) is 6.67. The number of halogens is 1. The first-order chi connectivity index (χ1) is 8.81. The predicted octanol–water partition coefficient (Wildman–Crippen LogP) is 2.28. The fraction of sp³-hybridized carbons (Fsp3) is 0.462. The highest BCUT2D eigenvalue weighted by Crippen LogP contribution is 2.20. The lowest BCUT2D eigenvalue weighted by atomic mass is 10.3. The second-order valence-corrected chi connectivity index (χ2v) is 5.04. The van der Waals surface area contributed by atoms with E-state index >= 15 is 0 Å². The zero-order valence-electron chi connectivity index (χ0n) is 10.2. The lowest BCUT2D eigenvalue weighted by Gasteiger charge is -2.16. The molecule has 18 heavy (non-hydrogen) atoms. The van der Waals surface area contributed by atoms with Gasteiger partial charge >= 0.3 is 0 Å². The molecule has 0 atom stereocenters. The van der Waals surface area contributed by atoms with E-state index in [1.807, 2.05) is 18.2 Å². The van der Waals surface area contributed by atoms with Crippen LogP contribution >= 0.6 is 11.6 Å². The molecule has 0 spiro atoms. The van der Waals surface area contributed by atoms with Crippen LogP contribution in [0.4, 0.5) is 0 Å². The van der Waals surface area contributed by atoms with Crippen LogP contribution in [0.5, 0.6) is 0 Å². The summed E-state index contributed by atoms with van der Waals surface area (Å²) in [5, 5.41) is 4.08. The zero-order valence-corrected chi connectivity index (χ0v) is 10.9. The fourth-order valence-electron chi connectivity index (χ4n) is 2.27. The van der Waals surface area contributed by atoms with Crippen LogP contribution in [0, 0.1) is 0 Å². The molecule has 1 aliphatic heterocycles. The Kier molecular flexibility index (Phi) is 3.50. The molecule has 0 saturated carbocycles. The monoisotopic (exact) mass is 265 g/mol. The molecule has 5 heteroatoms. The van der Waals surface area contributed by atoms with E-state index in [1.165, 1.54) is 6.42 Å². The largest absolute Gasteiger partial charge is 0.439 e. The fourth-order valence-corrected chi connectivity index (χ4v) is 2.43. The normalized spacial score (nSPS) is 18.1. The first-order valence-electron chi connectivity index (χ1n) is 6.29. The molecule has 0 unspecified atom stereocenters. The van der Waals surface area contributed by atoms with Crippen molar-refractivity contribution in [3.63, 3.8) is 0 Å². The van der Waals surface area contributed by atoms with Gasteiger partial charge in [-0.05, 0) is 37.7 Å². The van der Waals surface area contributed by atoms with Crippen molar-refractivity contribution >= 4 is 22.7 Å². The highest BCUT2D eigenvalue weighted by Gasteiger charge is 2.13. The number of nitrogens with one attached hydrogen (secondary N) is 1. The molecule has 2 heterocycles. The Labute approximate surface area is 111 Å². The van der Waals surface area contributed by atoms with E-state index in [2.05, 4.69) is 15.2 Å².